The van der Waals surface area contributed by atoms with Gasteiger partial charge in [0, 0.05) is 24.4 Å². The number of imidazole rings is 1. The Morgan fingerprint density at radius 3 is 2.80 bits per heavy atom. The van der Waals surface area contributed by atoms with Gasteiger partial charge in [-0.1, -0.05) is 18.3 Å². The number of rotatable bonds is 3. The molecule has 0 bridgehead atoms. The van der Waals surface area contributed by atoms with Gasteiger partial charge in [0.2, 0.25) is 0 Å². The summed E-state index contributed by atoms with van der Waals surface area (Å²) >= 11 is 1.47. The minimum absolute atomic E-state index is 0.538. The smallest absolute Gasteiger partial charge is 0.181 e. The summed E-state index contributed by atoms with van der Waals surface area (Å²) in [6.45, 7) is 3.96. The molecule has 3 N–H and O–H groups in total. The molecule has 0 aliphatic carbocycles. The minimum atomic E-state index is -0.538. The summed E-state index contributed by atoms with van der Waals surface area (Å²) in [5.41, 5.74) is 12.4. The van der Waals surface area contributed by atoms with Crippen molar-refractivity contribution in [2.45, 2.75) is 26.4 Å². The lowest BCUT2D eigenvalue weighted by atomic mass is 9.99. The van der Waals surface area contributed by atoms with Crippen molar-refractivity contribution in [1.29, 1.82) is 0 Å². The molecule has 1 unspecified atom stereocenters. The van der Waals surface area contributed by atoms with E-state index in [4.69, 9.17) is 5.73 Å². The Morgan fingerprint density at radius 2 is 2.08 bits per heavy atom. The average molecular weight is 353 g/mol. The van der Waals surface area contributed by atoms with E-state index in [1.54, 1.807) is 0 Å². The summed E-state index contributed by atoms with van der Waals surface area (Å²) in [5, 5.41) is 10.6. The Hall–Kier alpha value is -2.51. The molecule has 0 aliphatic rings. The van der Waals surface area contributed by atoms with Crippen LogP contribution in [0.2, 0.25) is 0 Å². The molecule has 4 aromatic rings. The first-order valence-corrected chi connectivity index (χ1v) is 8.96. The molecule has 25 heavy (non-hydrogen) atoms. The number of aliphatic hydroxyl groups is 1. The fourth-order valence-corrected chi connectivity index (χ4v) is 4.07. The van der Waals surface area contributed by atoms with E-state index in [0.717, 1.165) is 37.9 Å². The second-order valence-electron chi connectivity index (χ2n) is 6.23. The van der Waals surface area contributed by atoms with Gasteiger partial charge in [-0.05, 0) is 31.0 Å². The Balaban J connectivity index is 2.00. The van der Waals surface area contributed by atoms with Gasteiger partial charge in [-0.3, -0.25) is 4.98 Å². The second kappa shape index (κ2) is 5.79. The van der Waals surface area contributed by atoms with Crippen molar-refractivity contribution in [3.8, 4) is 11.1 Å². The number of fused-ring (bicyclic) bond motifs is 3. The van der Waals surface area contributed by atoms with Gasteiger partial charge in [-0.25, -0.2) is 9.97 Å². The van der Waals surface area contributed by atoms with Gasteiger partial charge in [0.15, 0.2) is 5.13 Å². The molecule has 0 spiro atoms. The van der Waals surface area contributed by atoms with E-state index in [-0.39, 0.29) is 0 Å². The Morgan fingerprint density at radius 1 is 1.28 bits per heavy atom. The SMILES string of the molecule is CCC(O)c1cc(C)c(-c2cc3nc(N)sc3c3c2ncn3C)cn1. The predicted octanol–water partition coefficient (Wildman–Crippen LogP) is 3.58. The summed E-state index contributed by atoms with van der Waals surface area (Å²) in [5.74, 6) is 0. The minimum Gasteiger partial charge on any atom is -0.387 e. The maximum Gasteiger partial charge on any atom is 0.181 e. The van der Waals surface area contributed by atoms with Crippen LogP contribution in [0, 0.1) is 6.92 Å². The molecule has 1 atom stereocenters. The highest BCUT2D eigenvalue weighted by Crippen LogP contribution is 2.38. The third kappa shape index (κ3) is 2.47. The molecular formula is C18H19N5OS. The van der Waals surface area contributed by atoms with E-state index >= 15 is 0 Å². The standard InChI is InChI=1S/C18H19N5OS/c1-4-14(24)12-5-9(2)11(7-20-12)10-6-13-17(25-18(19)22-13)16-15(10)21-8-23(16)3/h5-8,14,24H,4H2,1-3H3,(H2,19,22). The quantitative estimate of drug-likeness (QED) is 0.587. The van der Waals surface area contributed by atoms with Gasteiger partial charge in [0.05, 0.1) is 39.4 Å². The monoisotopic (exact) mass is 353 g/mol. The summed E-state index contributed by atoms with van der Waals surface area (Å²) in [6.07, 6.45) is 3.72. The Bertz CT molecular complexity index is 1100. The zero-order chi connectivity index (χ0) is 17.7. The number of thiazole rings is 1. The molecule has 3 heterocycles. The van der Waals surface area contributed by atoms with Crippen molar-refractivity contribution in [3.05, 3.63) is 35.9 Å². The van der Waals surface area contributed by atoms with Gasteiger partial charge in [0.25, 0.3) is 0 Å². The van der Waals surface area contributed by atoms with E-state index in [1.165, 1.54) is 11.3 Å². The average Bonchev–Trinajstić information content (AvgIpc) is 3.15. The van der Waals surface area contributed by atoms with E-state index < -0.39 is 6.10 Å². The number of nitrogen functional groups attached to an aromatic ring is 1. The first-order chi connectivity index (χ1) is 12.0. The number of pyridine rings is 1. The highest BCUT2D eigenvalue weighted by Gasteiger charge is 2.18. The molecule has 0 fully saturated rings. The molecule has 1 aromatic carbocycles. The van der Waals surface area contributed by atoms with Crippen molar-refractivity contribution < 1.29 is 5.11 Å². The number of nitrogens with two attached hydrogens (primary N) is 1. The van der Waals surface area contributed by atoms with Crippen LogP contribution in [0.1, 0.15) is 30.7 Å². The van der Waals surface area contributed by atoms with Crippen LogP contribution < -0.4 is 5.73 Å². The van der Waals surface area contributed by atoms with Crippen LogP contribution in [0.15, 0.2) is 24.7 Å². The zero-order valence-electron chi connectivity index (χ0n) is 14.3. The molecule has 0 saturated carbocycles. The van der Waals surface area contributed by atoms with E-state index in [0.29, 0.717) is 17.2 Å². The third-order valence-electron chi connectivity index (χ3n) is 4.51. The van der Waals surface area contributed by atoms with Gasteiger partial charge >= 0.3 is 0 Å². The first-order valence-electron chi connectivity index (χ1n) is 8.14. The van der Waals surface area contributed by atoms with Crippen LogP contribution in [-0.2, 0) is 7.05 Å². The summed E-state index contributed by atoms with van der Waals surface area (Å²) < 4.78 is 3.04. The van der Waals surface area contributed by atoms with Crippen molar-refractivity contribution in [2.24, 2.45) is 7.05 Å². The van der Waals surface area contributed by atoms with Crippen LogP contribution in [-0.4, -0.2) is 24.6 Å². The lowest BCUT2D eigenvalue weighted by Crippen LogP contribution is -2.00. The second-order valence-corrected chi connectivity index (χ2v) is 7.26. The van der Waals surface area contributed by atoms with Crippen LogP contribution in [0.4, 0.5) is 5.13 Å². The fourth-order valence-electron chi connectivity index (χ4n) is 3.17. The number of aromatic nitrogens is 4. The van der Waals surface area contributed by atoms with Gasteiger partial charge < -0.3 is 15.4 Å². The lowest BCUT2D eigenvalue weighted by molar-refractivity contribution is 0.169. The van der Waals surface area contributed by atoms with E-state index in [2.05, 4.69) is 15.0 Å². The van der Waals surface area contributed by atoms with Crippen LogP contribution >= 0.6 is 11.3 Å². The van der Waals surface area contributed by atoms with Crippen LogP contribution in [0.3, 0.4) is 0 Å². The van der Waals surface area contributed by atoms with E-state index in [9.17, 15) is 5.11 Å². The zero-order valence-corrected chi connectivity index (χ0v) is 15.1. The topological polar surface area (TPSA) is 89.9 Å². The van der Waals surface area contributed by atoms with Gasteiger partial charge in [-0.2, -0.15) is 0 Å². The Labute approximate surface area is 149 Å². The predicted molar refractivity (Wildman–Crippen MR) is 102 cm³/mol. The van der Waals surface area contributed by atoms with Crippen LogP contribution in [0.25, 0.3) is 32.4 Å². The maximum absolute atomic E-state index is 10.0. The molecule has 0 amide bonds. The number of benzene rings is 1. The number of aliphatic hydroxyl groups excluding tert-OH is 1. The highest BCUT2D eigenvalue weighted by molar-refractivity contribution is 7.22. The number of anilines is 1. The molecule has 3 aromatic heterocycles. The van der Waals surface area contributed by atoms with Crippen molar-refractivity contribution in [1.82, 2.24) is 19.5 Å². The third-order valence-corrected chi connectivity index (χ3v) is 5.42. The largest absolute Gasteiger partial charge is 0.387 e. The molecule has 7 heteroatoms. The summed E-state index contributed by atoms with van der Waals surface area (Å²) in [4.78, 5) is 13.5. The first kappa shape index (κ1) is 16.0. The number of hydrogen-bond donors (Lipinski definition) is 2. The molecule has 0 saturated heterocycles. The number of nitrogens with zero attached hydrogens (tertiary/aromatic N) is 4. The molecule has 0 radical (unpaired) electrons. The van der Waals surface area contributed by atoms with E-state index in [1.807, 2.05) is 50.1 Å². The number of hydrogen-bond acceptors (Lipinski definition) is 6. The van der Waals surface area contributed by atoms with Gasteiger partial charge in [0.1, 0.15) is 0 Å². The fraction of sp³-hybridized carbons (Fsp3) is 0.278. The highest BCUT2D eigenvalue weighted by atomic mass is 32.1. The lowest BCUT2D eigenvalue weighted by Gasteiger charge is -2.12. The molecular weight excluding hydrogens is 334 g/mol. The van der Waals surface area contributed by atoms with Crippen LogP contribution in [0.5, 0.6) is 0 Å². The van der Waals surface area contributed by atoms with Crippen molar-refractivity contribution in [2.75, 3.05) is 5.73 Å². The normalized spacial score (nSPS) is 13.0. The van der Waals surface area contributed by atoms with Gasteiger partial charge in [-0.15, -0.1) is 0 Å². The molecule has 6 nitrogen and oxygen atoms in total. The summed E-state index contributed by atoms with van der Waals surface area (Å²) in [7, 11) is 1.97. The molecule has 4 rings (SSSR count). The van der Waals surface area contributed by atoms with Crippen molar-refractivity contribution in [3.63, 3.8) is 0 Å². The maximum atomic E-state index is 10.0. The summed E-state index contributed by atoms with van der Waals surface area (Å²) in [6, 6.07) is 3.97. The molecule has 0 aliphatic heterocycles. The Kier molecular flexibility index (Phi) is 3.70. The molecule has 128 valence electrons. The van der Waals surface area contributed by atoms with Crippen molar-refractivity contribution >= 4 is 37.7 Å². The number of aryl methyl sites for hydroxylation is 2.